The molecule has 0 amide bonds. The molecule has 2 saturated heterocycles. The van der Waals surface area contributed by atoms with Gasteiger partial charge in [0.15, 0.2) is 5.82 Å². The first-order valence-corrected chi connectivity index (χ1v) is 13.1. The second-order valence-corrected chi connectivity index (χ2v) is 10.1. The number of halogens is 1. The van der Waals surface area contributed by atoms with E-state index in [1.54, 1.807) is 6.20 Å². The Bertz CT molecular complexity index is 1520. The number of nitriles is 1. The highest BCUT2D eigenvalue weighted by Crippen LogP contribution is 2.35. The van der Waals surface area contributed by atoms with Crippen molar-refractivity contribution in [2.75, 3.05) is 44.7 Å². The van der Waals surface area contributed by atoms with Crippen LogP contribution in [0.15, 0.2) is 48.7 Å². The van der Waals surface area contributed by atoms with Crippen molar-refractivity contribution in [1.29, 1.82) is 5.26 Å². The Balaban J connectivity index is 1.45. The molecule has 8 nitrogen and oxygen atoms in total. The minimum atomic E-state index is -0.492. The molecule has 2 aliphatic heterocycles. The van der Waals surface area contributed by atoms with Crippen molar-refractivity contribution in [2.45, 2.75) is 31.3 Å². The average molecular weight is 512 g/mol. The number of pyridine rings is 1. The first kappa shape index (κ1) is 24.5. The maximum absolute atomic E-state index is 16.3. The van der Waals surface area contributed by atoms with Crippen LogP contribution >= 0.6 is 0 Å². The number of ether oxygens (including phenoxy) is 1. The van der Waals surface area contributed by atoms with E-state index in [0.717, 1.165) is 30.2 Å². The lowest BCUT2D eigenvalue weighted by molar-refractivity contribution is 0.188. The molecule has 2 aromatic carbocycles. The van der Waals surface area contributed by atoms with Crippen molar-refractivity contribution in [3.63, 3.8) is 0 Å². The third kappa shape index (κ3) is 4.62. The fourth-order valence-electron chi connectivity index (χ4n) is 5.57. The molecule has 0 aliphatic carbocycles. The molecule has 0 spiro atoms. The van der Waals surface area contributed by atoms with Gasteiger partial charge in [0.2, 0.25) is 0 Å². The van der Waals surface area contributed by atoms with Gasteiger partial charge in [0.1, 0.15) is 23.6 Å². The molecule has 194 valence electrons. The Labute approximate surface area is 221 Å². The molecule has 2 aromatic heterocycles. The van der Waals surface area contributed by atoms with Crippen molar-refractivity contribution in [1.82, 2.24) is 25.2 Å². The molecule has 0 radical (unpaired) electrons. The predicted molar refractivity (Wildman–Crippen MR) is 146 cm³/mol. The number of hydrogen-bond acceptors (Lipinski definition) is 8. The van der Waals surface area contributed by atoms with Crippen LogP contribution in [0.25, 0.3) is 32.9 Å². The molecular weight excluding hydrogens is 481 g/mol. The molecule has 2 atom stereocenters. The highest BCUT2D eigenvalue weighted by atomic mass is 19.1. The summed E-state index contributed by atoms with van der Waals surface area (Å²) in [7, 11) is 2.09. The number of hydrogen-bond donors (Lipinski definition) is 1. The van der Waals surface area contributed by atoms with Gasteiger partial charge in [0.05, 0.1) is 17.9 Å². The number of aromatic nitrogens is 3. The highest BCUT2D eigenvalue weighted by molar-refractivity contribution is 5.99. The lowest BCUT2D eigenvalue weighted by Gasteiger charge is -2.34. The van der Waals surface area contributed by atoms with Crippen molar-refractivity contribution < 1.29 is 9.13 Å². The summed E-state index contributed by atoms with van der Waals surface area (Å²) in [5.41, 5.74) is 1.16. The number of nitrogens with zero attached hydrogens (tertiary/aromatic N) is 6. The van der Waals surface area contributed by atoms with Gasteiger partial charge in [-0.2, -0.15) is 15.2 Å². The number of rotatable bonds is 6. The van der Waals surface area contributed by atoms with Crippen molar-refractivity contribution in [3.05, 3.63) is 54.5 Å². The number of likely N-dealkylation sites (N-methyl/N-ethyl adjacent to an activating group) is 1. The monoisotopic (exact) mass is 511 g/mol. The van der Waals surface area contributed by atoms with E-state index in [2.05, 4.69) is 38.2 Å². The van der Waals surface area contributed by atoms with Crippen LogP contribution in [0.4, 0.5) is 10.2 Å². The van der Waals surface area contributed by atoms with Gasteiger partial charge in [-0.25, -0.2) is 4.39 Å². The molecule has 0 unspecified atom stereocenters. The Hall–Kier alpha value is -3.87. The SMILES string of the molecule is CN1CCC[C@H]1COc1nc(N2CCN[C@@H](CC#N)C2)c2cnc(-c3cccc4ccccc34)c(F)c2n1. The van der Waals surface area contributed by atoms with Gasteiger partial charge in [-0.3, -0.25) is 4.98 Å². The quantitative estimate of drug-likeness (QED) is 0.413. The Morgan fingerprint density at radius 3 is 2.84 bits per heavy atom. The van der Waals surface area contributed by atoms with Crippen LogP contribution in [0.1, 0.15) is 19.3 Å². The Kier molecular flexibility index (Phi) is 6.75. The van der Waals surface area contributed by atoms with E-state index in [0.29, 0.717) is 49.4 Å². The molecule has 0 bridgehead atoms. The van der Waals surface area contributed by atoms with Gasteiger partial charge >= 0.3 is 6.01 Å². The largest absolute Gasteiger partial charge is 0.462 e. The van der Waals surface area contributed by atoms with Crippen LogP contribution in [-0.2, 0) is 0 Å². The van der Waals surface area contributed by atoms with E-state index in [9.17, 15) is 5.26 Å². The molecule has 4 aromatic rings. The van der Waals surface area contributed by atoms with Gasteiger partial charge < -0.3 is 19.9 Å². The molecule has 1 N–H and O–H groups in total. The summed E-state index contributed by atoms with van der Waals surface area (Å²) in [5.74, 6) is 0.0964. The lowest BCUT2D eigenvalue weighted by atomic mass is 10.0. The summed E-state index contributed by atoms with van der Waals surface area (Å²) < 4.78 is 22.4. The maximum atomic E-state index is 16.3. The van der Waals surface area contributed by atoms with E-state index in [4.69, 9.17) is 9.72 Å². The molecule has 0 saturated carbocycles. The minimum absolute atomic E-state index is 0.00281. The summed E-state index contributed by atoms with van der Waals surface area (Å²) in [6.45, 7) is 3.43. The zero-order valence-corrected chi connectivity index (χ0v) is 21.4. The van der Waals surface area contributed by atoms with Crippen molar-refractivity contribution in [3.8, 4) is 23.3 Å². The Morgan fingerprint density at radius 2 is 2.00 bits per heavy atom. The molecule has 4 heterocycles. The maximum Gasteiger partial charge on any atom is 0.319 e. The fourth-order valence-corrected chi connectivity index (χ4v) is 5.57. The normalized spacial score (nSPS) is 20.2. The summed E-state index contributed by atoms with van der Waals surface area (Å²) in [4.78, 5) is 18.3. The number of fused-ring (bicyclic) bond motifs is 2. The van der Waals surface area contributed by atoms with Crippen LogP contribution in [0, 0.1) is 17.1 Å². The second-order valence-electron chi connectivity index (χ2n) is 10.1. The van der Waals surface area contributed by atoms with Gasteiger partial charge in [0.25, 0.3) is 0 Å². The topological polar surface area (TPSA) is 90.2 Å². The van der Waals surface area contributed by atoms with E-state index < -0.39 is 5.82 Å². The van der Waals surface area contributed by atoms with Gasteiger partial charge in [-0.15, -0.1) is 0 Å². The molecule has 6 rings (SSSR count). The summed E-state index contributed by atoms with van der Waals surface area (Å²) in [6, 6.07) is 16.4. The van der Waals surface area contributed by atoms with E-state index in [1.165, 1.54) is 0 Å². The van der Waals surface area contributed by atoms with E-state index in [-0.39, 0.29) is 29.3 Å². The number of anilines is 1. The van der Waals surface area contributed by atoms with E-state index in [1.807, 2.05) is 42.5 Å². The number of nitrogens with one attached hydrogen (secondary N) is 1. The minimum Gasteiger partial charge on any atom is -0.462 e. The van der Waals surface area contributed by atoms with E-state index >= 15 is 4.39 Å². The number of benzene rings is 2. The molecule has 2 fully saturated rings. The summed E-state index contributed by atoms with van der Waals surface area (Å²) in [5, 5.41) is 15.1. The molecule has 38 heavy (non-hydrogen) atoms. The lowest BCUT2D eigenvalue weighted by Crippen LogP contribution is -2.51. The summed E-state index contributed by atoms with van der Waals surface area (Å²) >= 11 is 0. The third-order valence-corrected chi connectivity index (χ3v) is 7.66. The van der Waals surface area contributed by atoms with Crippen LogP contribution < -0.4 is 15.0 Å². The van der Waals surface area contributed by atoms with Crippen LogP contribution in [0.3, 0.4) is 0 Å². The van der Waals surface area contributed by atoms with Crippen LogP contribution in [0.2, 0.25) is 0 Å². The fraction of sp³-hybridized carbons (Fsp3) is 0.379. The molecular formula is C29H30FN7O. The summed E-state index contributed by atoms with van der Waals surface area (Å²) in [6.07, 6.45) is 4.23. The van der Waals surface area contributed by atoms with Crippen molar-refractivity contribution >= 4 is 27.5 Å². The predicted octanol–water partition coefficient (Wildman–Crippen LogP) is 4.15. The standard InChI is InChI=1S/C29H30FN7O/c1-36-14-5-8-21(36)18-38-29-34-27-24(28(35-29)37-15-13-32-20(17-37)11-12-31)16-33-26(25(27)30)23-10-4-7-19-6-2-3-9-22(19)23/h2-4,6-7,9-10,16,20-21,32H,5,8,11,13-15,17-18H2,1H3/t20-,21-/m0/s1. The smallest absolute Gasteiger partial charge is 0.319 e. The van der Waals surface area contributed by atoms with Crippen LogP contribution in [0.5, 0.6) is 6.01 Å². The van der Waals surface area contributed by atoms with Crippen molar-refractivity contribution in [2.24, 2.45) is 0 Å². The second kappa shape index (κ2) is 10.5. The zero-order chi connectivity index (χ0) is 26.1. The number of likely N-dealkylation sites (tertiary alicyclic amines) is 1. The zero-order valence-electron chi connectivity index (χ0n) is 21.4. The van der Waals surface area contributed by atoms with Gasteiger partial charge in [0, 0.05) is 43.5 Å². The Morgan fingerprint density at radius 1 is 1.13 bits per heavy atom. The highest BCUT2D eigenvalue weighted by Gasteiger charge is 2.27. The van der Waals surface area contributed by atoms with Crippen LogP contribution in [-0.4, -0.2) is 71.8 Å². The first-order chi connectivity index (χ1) is 18.6. The third-order valence-electron chi connectivity index (χ3n) is 7.66. The van der Waals surface area contributed by atoms with Gasteiger partial charge in [-0.1, -0.05) is 42.5 Å². The molecule has 9 heteroatoms. The number of piperazine rings is 1. The molecule has 2 aliphatic rings. The first-order valence-electron chi connectivity index (χ1n) is 13.1. The average Bonchev–Trinajstić information content (AvgIpc) is 3.36. The van der Waals surface area contributed by atoms with Gasteiger partial charge in [-0.05, 0) is 37.2 Å².